The number of para-hydroxylation sites is 5. The molecule has 3 heterocycles. The predicted octanol–water partition coefficient (Wildman–Crippen LogP) is 15.1. The fraction of sp³-hybridized carbons (Fsp3) is 0.0714. The minimum absolute atomic E-state index is 0. The molecular weight excluding hydrogens is 872 g/mol. The van der Waals surface area contributed by atoms with Crippen LogP contribution in [0.1, 0.15) is 31.5 Å². The van der Waals surface area contributed by atoms with Crippen molar-refractivity contribution in [1.29, 1.82) is 0 Å². The van der Waals surface area contributed by atoms with Crippen molar-refractivity contribution in [3.05, 3.63) is 211 Å². The summed E-state index contributed by atoms with van der Waals surface area (Å²) in [6, 6.07) is 70.8. The maximum atomic E-state index is 2.46. The van der Waals surface area contributed by atoms with Gasteiger partial charge in [0.2, 0.25) is 0 Å². The normalized spacial score (nSPS) is 11.9. The number of allylic oxidation sites excluding steroid dienone is 1. The van der Waals surface area contributed by atoms with Gasteiger partial charge in [0.1, 0.15) is 0 Å². The fourth-order valence-corrected chi connectivity index (χ4v) is 9.57. The Morgan fingerprint density at radius 2 is 0.677 bits per heavy atom. The summed E-state index contributed by atoms with van der Waals surface area (Å²) in [4.78, 5) is 2.38. The molecule has 0 saturated heterocycles. The van der Waals surface area contributed by atoms with Crippen molar-refractivity contribution in [3.63, 3.8) is 0 Å². The number of fused-ring (bicyclic) bond motifs is 9. The zero-order valence-corrected chi connectivity index (χ0v) is 37.1. The second-order valence-electron chi connectivity index (χ2n) is 15.3. The maximum absolute atomic E-state index is 2.46. The van der Waals surface area contributed by atoms with E-state index in [9.17, 15) is 0 Å². The number of aromatic nitrogens is 3. The van der Waals surface area contributed by atoms with Crippen molar-refractivity contribution >= 4 is 102 Å². The molecule has 0 aliphatic heterocycles. The Morgan fingerprint density at radius 3 is 1.05 bits per heavy atom. The van der Waals surface area contributed by atoms with E-state index in [4.69, 9.17) is 0 Å². The van der Waals surface area contributed by atoms with E-state index in [0.29, 0.717) is 0 Å². The lowest BCUT2D eigenvalue weighted by Gasteiger charge is -2.26. The van der Waals surface area contributed by atoms with E-state index in [1.165, 1.54) is 71.5 Å². The minimum atomic E-state index is 0. The first-order chi connectivity index (χ1) is 29.8. The zero-order chi connectivity index (χ0) is 40.2. The summed E-state index contributed by atoms with van der Waals surface area (Å²) in [7, 11) is 0. The van der Waals surface area contributed by atoms with Gasteiger partial charge in [-0.25, -0.2) is 0 Å². The van der Waals surface area contributed by atoms with Crippen LogP contribution in [0.15, 0.2) is 200 Å². The van der Waals surface area contributed by atoms with Crippen LogP contribution in [-0.4, -0.2) is 19.2 Å². The molecule has 12 rings (SSSR count). The molecule has 0 amide bonds. The monoisotopic (exact) mass is 918 g/mol. The first-order valence-corrected chi connectivity index (χ1v) is 21.2. The maximum Gasteiger partial charge on any atom is 0.0541 e. The molecule has 0 fully saturated rings. The molecule has 1 aliphatic carbocycles. The quantitative estimate of drug-likeness (QED) is 0.153. The highest BCUT2D eigenvalue weighted by Crippen LogP contribution is 2.40. The molecule has 0 saturated carbocycles. The predicted molar refractivity (Wildman–Crippen MR) is 274 cm³/mol. The molecule has 0 atom stereocenters. The van der Waals surface area contributed by atoms with Gasteiger partial charge in [-0.2, -0.15) is 0 Å². The van der Waals surface area contributed by atoms with E-state index in [1.54, 1.807) is 0 Å². The molecule has 5 nitrogen and oxygen atoms in total. The first kappa shape index (κ1) is 40.5. The Kier molecular flexibility index (Phi) is 11.0. The molecule has 304 valence electrons. The third-order valence-electron chi connectivity index (χ3n) is 12.1. The summed E-state index contributed by atoms with van der Waals surface area (Å²) in [5, 5.41) is 6.37. The van der Waals surface area contributed by atoms with Gasteiger partial charge in [0.15, 0.2) is 0 Å². The van der Waals surface area contributed by atoms with Gasteiger partial charge in [0.25, 0.3) is 0 Å². The molecule has 1 aliphatic rings. The highest BCUT2D eigenvalue weighted by Gasteiger charge is 2.20. The Bertz CT molecular complexity index is 3130. The average Bonchev–Trinajstić information content (AvgIpc) is 3.97. The summed E-state index contributed by atoms with van der Waals surface area (Å²) in [5.74, 6) is 0. The lowest BCUT2D eigenvalue weighted by molar-refractivity contribution is 0.824. The number of halogens is 1. The van der Waals surface area contributed by atoms with Gasteiger partial charge in [0, 0.05) is 72.3 Å². The summed E-state index contributed by atoms with van der Waals surface area (Å²) in [6.07, 6.45) is 6.70. The van der Waals surface area contributed by atoms with Gasteiger partial charge < -0.3 is 24.1 Å². The largest absolute Gasteiger partial charge is 0.412 e. The van der Waals surface area contributed by atoms with Crippen LogP contribution in [0.5, 0.6) is 0 Å². The van der Waals surface area contributed by atoms with Crippen molar-refractivity contribution in [1.82, 2.24) is 13.7 Å². The third-order valence-corrected chi connectivity index (χ3v) is 12.1. The molecule has 0 spiro atoms. The zero-order valence-electron chi connectivity index (χ0n) is 34.7. The molecule has 0 unspecified atom stereocenters. The van der Waals surface area contributed by atoms with E-state index < -0.39 is 0 Å². The number of nitrogens with zero attached hydrogens (tertiary/aromatic N) is 4. The molecule has 3 aromatic heterocycles. The van der Waals surface area contributed by atoms with Gasteiger partial charge >= 0.3 is 0 Å². The highest BCUT2D eigenvalue weighted by atomic mass is 127. The summed E-state index contributed by atoms with van der Waals surface area (Å²) in [6.45, 7) is 4.00. The second-order valence-corrected chi connectivity index (χ2v) is 15.3. The molecule has 0 radical (unpaired) electrons. The average molecular weight is 919 g/mol. The highest BCUT2D eigenvalue weighted by molar-refractivity contribution is 14.0. The molecule has 8 aromatic carbocycles. The van der Waals surface area contributed by atoms with E-state index in [1.807, 2.05) is 13.8 Å². The first-order valence-electron chi connectivity index (χ1n) is 21.2. The Balaban J connectivity index is 0.00000121. The smallest absolute Gasteiger partial charge is 0.0541 e. The van der Waals surface area contributed by atoms with Gasteiger partial charge in [-0.1, -0.05) is 117 Å². The lowest BCUT2D eigenvalue weighted by Crippen LogP contribution is -2.11. The van der Waals surface area contributed by atoms with Crippen LogP contribution in [-0.2, 0) is 6.42 Å². The third kappa shape index (κ3) is 6.49. The molecule has 0 bridgehead atoms. The minimum Gasteiger partial charge on any atom is -0.412 e. The summed E-state index contributed by atoms with van der Waals surface area (Å²) >= 11 is 0. The standard InChI is InChI=1S/C54H38N4.C2H6.HI.H2O/c1-7-19-49-43(13-1)44-14-2-8-20-50(44)56(49)40-31-25-37(26-32-40)55(38-27-33-41(34-28-38)57-51-21-9-3-15-45(51)46-16-4-10-22-52(46)57)39-29-35-42(36-30-39)58-53-23-11-5-17-47(53)48-18-6-12-24-54(48)58;1-2;;/h1-11,13-23,25-36H,12,24H2;1-2H3;1H;1H2. The number of rotatable bonds is 6. The van der Waals surface area contributed by atoms with Crippen LogP contribution >= 0.6 is 24.0 Å². The van der Waals surface area contributed by atoms with Crippen molar-refractivity contribution < 1.29 is 5.48 Å². The molecule has 6 heteroatoms. The molecule has 62 heavy (non-hydrogen) atoms. The van der Waals surface area contributed by atoms with Crippen molar-refractivity contribution in [2.45, 2.75) is 26.7 Å². The van der Waals surface area contributed by atoms with Crippen LogP contribution in [0, 0.1) is 0 Å². The van der Waals surface area contributed by atoms with Crippen LogP contribution in [0.3, 0.4) is 0 Å². The van der Waals surface area contributed by atoms with Crippen molar-refractivity contribution in [3.8, 4) is 17.1 Å². The number of hydrogen-bond donors (Lipinski definition) is 0. The van der Waals surface area contributed by atoms with Crippen LogP contribution in [0.4, 0.5) is 17.1 Å². The molecule has 2 N–H and O–H groups in total. The van der Waals surface area contributed by atoms with Crippen LogP contribution in [0.2, 0.25) is 0 Å². The Morgan fingerprint density at radius 1 is 0.371 bits per heavy atom. The van der Waals surface area contributed by atoms with Gasteiger partial charge in [-0.15, -0.1) is 24.0 Å². The van der Waals surface area contributed by atoms with E-state index >= 15 is 0 Å². The number of hydrogen-bond acceptors (Lipinski definition) is 1. The van der Waals surface area contributed by atoms with Crippen molar-refractivity contribution in [2.24, 2.45) is 0 Å². The van der Waals surface area contributed by atoms with Gasteiger partial charge in [0.05, 0.1) is 27.6 Å². The van der Waals surface area contributed by atoms with E-state index in [0.717, 1.165) is 41.3 Å². The van der Waals surface area contributed by atoms with Gasteiger partial charge in [-0.3, -0.25) is 0 Å². The Labute approximate surface area is 378 Å². The van der Waals surface area contributed by atoms with E-state index in [-0.39, 0.29) is 29.5 Å². The second kappa shape index (κ2) is 16.9. The van der Waals surface area contributed by atoms with Gasteiger partial charge in [-0.05, 0) is 116 Å². The van der Waals surface area contributed by atoms with E-state index in [2.05, 4.69) is 225 Å². The molecule has 11 aromatic rings. The Hall–Kier alpha value is -6.87. The number of benzene rings is 8. The SMILES string of the molecule is C1=Cc2c(n(-c3ccc(N(c4ccc(-n5c6ccccc6c6ccccc65)cc4)c4ccc(-n5c6ccccc6c6ccccc65)cc4)cc3)c3ccccc23)CC1.CC.I.O. The van der Waals surface area contributed by atoms with Crippen LogP contribution < -0.4 is 4.90 Å². The fourth-order valence-electron chi connectivity index (χ4n) is 9.57. The lowest BCUT2D eigenvalue weighted by atomic mass is 10.0. The topological polar surface area (TPSA) is 49.5 Å². The summed E-state index contributed by atoms with van der Waals surface area (Å²) in [5.41, 5.74) is 15.6. The van der Waals surface area contributed by atoms with Crippen molar-refractivity contribution in [2.75, 3.05) is 4.90 Å². The number of anilines is 3. The molecular formula is C56H47IN4O. The summed E-state index contributed by atoms with van der Waals surface area (Å²) < 4.78 is 7.22. The van der Waals surface area contributed by atoms with Crippen LogP contribution in [0.25, 0.3) is 77.7 Å².